The molecule has 1 nitrogen and oxygen atoms in total. The maximum absolute atomic E-state index is 8.41. The second-order valence-corrected chi connectivity index (χ2v) is 23.3. The number of hydrogen-bond donors (Lipinski definition) is 0. The van der Waals surface area contributed by atoms with E-state index in [4.69, 9.17) is 5.40 Å². The molecular formula is C9H26KNSi3. The Morgan fingerprint density at radius 1 is 0.714 bits per heavy atom. The maximum atomic E-state index is 8.41. The first-order valence-electron chi connectivity index (χ1n) is 5.12. The largest absolute Gasteiger partial charge is 1.00 e. The maximum Gasteiger partial charge on any atom is 1.00 e. The number of rotatable bonds is 3. The topological polar surface area (TPSA) is 23.8 Å². The zero-order chi connectivity index (χ0) is 11.1. The smallest absolute Gasteiger partial charge is 0.680 e. The Morgan fingerprint density at radius 3 is 0.929 bits per heavy atom. The van der Waals surface area contributed by atoms with Crippen LogP contribution in [0.5, 0.6) is 0 Å². The molecule has 0 saturated carbocycles. The van der Waals surface area contributed by atoms with Gasteiger partial charge in [-0.25, -0.2) is 0 Å². The third kappa shape index (κ3) is 6.10. The first kappa shape index (κ1) is 18.6. The number of nitrogens with one attached hydrogen (secondary N) is 1. The van der Waals surface area contributed by atoms with Crippen molar-refractivity contribution in [1.82, 2.24) is 0 Å². The summed E-state index contributed by atoms with van der Waals surface area (Å²) in [5.74, 6) is 0. The molecule has 14 heavy (non-hydrogen) atoms. The molecule has 0 saturated heterocycles. The summed E-state index contributed by atoms with van der Waals surface area (Å²) >= 11 is 0. The fraction of sp³-hybridized carbons (Fsp3) is 1.00. The minimum Gasteiger partial charge on any atom is -0.680 e. The van der Waals surface area contributed by atoms with Crippen molar-refractivity contribution in [3.8, 4) is 0 Å². The monoisotopic (exact) mass is 271 g/mol. The molecule has 1 N–H and O–H groups in total. The van der Waals surface area contributed by atoms with Gasteiger partial charge in [0.2, 0.25) is 0 Å². The van der Waals surface area contributed by atoms with Crippen molar-refractivity contribution >= 4 is 24.4 Å². The van der Waals surface area contributed by atoms with Crippen LogP contribution in [0.2, 0.25) is 57.2 Å². The van der Waals surface area contributed by atoms with Gasteiger partial charge in [0, 0.05) is 16.1 Å². The van der Waals surface area contributed by atoms with Gasteiger partial charge >= 0.3 is 51.4 Å². The van der Waals surface area contributed by atoms with E-state index in [1.807, 2.05) is 0 Å². The van der Waals surface area contributed by atoms with E-state index in [2.05, 4.69) is 52.4 Å². The van der Waals surface area contributed by atoms with Crippen LogP contribution >= 0.6 is 0 Å². The molecule has 0 spiro atoms. The molecule has 0 bridgehead atoms. The van der Waals surface area contributed by atoms with Gasteiger partial charge in [-0.3, -0.25) is 0 Å². The van der Waals surface area contributed by atoms with Gasteiger partial charge in [0.15, 0.2) is 0 Å². The summed E-state index contributed by atoms with van der Waals surface area (Å²) in [6, 6.07) is 0. The standard InChI is InChI=1S/C9H26NSi3.K/c1-11(2,3)9(12(4,5)6)13(7,8)10;/h9-10H,1-8H3;/q-1;+1. The van der Waals surface area contributed by atoms with Crippen LogP contribution in [0.25, 0.3) is 5.40 Å². The molecule has 0 aromatic rings. The van der Waals surface area contributed by atoms with Crippen molar-refractivity contribution in [3.63, 3.8) is 0 Å². The van der Waals surface area contributed by atoms with Gasteiger partial charge in [0.1, 0.15) is 0 Å². The Balaban J connectivity index is 0. The molecule has 0 radical (unpaired) electrons. The minimum atomic E-state index is -1.68. The van der Waals surface area contributed by atoms with E-state index in [0.29, 0.717) is 0 Å². The van der Waals surface area contributed by atoms with Crippen LogP contribution in [0.3, 0.4) is 0 Å². The molecule has 0 aromatic carbocycles. The van der Waals surface area contributed by atoms with Crippen molar-refractivity contribution < 1.29 is 51.4 Å². The van der Waals surface area contributed by atoms with Gasteiger partial charge in [0.05, 0.1) is 0 Å². The predicted molar refractivity (Wildman–Crippen MR) is 72.2 cm³/mol. The van der Waals surface area contributed by atoms with Gasteiger partial charge < -0.3 is 5.40 Å². The molecule has 0 amide bonds. The third-order valence-corrected chi connectivity index (χ3v) is 22.1. The van der Waals surface area contributed by atoms with Gasteiger partial charge in [-0.2, -0.15) is 0 Å². The summed E-state index contributed by atoms with van der Waals surface area (Å²) in [5.41, 5.74) is 0. The van der Waals surface area contributed by atoms with Crippen molar-refractivity contribution in [2.75, 3.05) is 0 Å². The molecule has 0 heterocycles. The molecule has 0 rings (SSSR count). The van der Waals surface area contributed by atoms with Crippen LogP contribution in [-0.2, 0) is 0 Å². The quantitative estimate of drug-likeness (QED) is 0.693. The molecule has 5 heteroatoms. The summed E-state index contributed by atoms with van der Waals surface area (Å²) < 4.78 is 0. The fourth-order valence-corrected chi connectivity index (χ4v) is 31.2. The summed E-state index contributed by atoms with van der Waals surface area (Å²) in [6.07, 6.45) is 0. The SMILES string of the molecule is C[Si](C)(C)C([Si](C)(C)C)[Si](C)(C)[NH-].[K+]. The van der Waals surface area contributed by atoms with E-state index >= 15 is 0 Å². The van der Waals surface area contributed by atoms with Crippen molar-refractivity contribution in [2.45, 2.75) is 57.2 Å². The fourth-order valence-electron chi connectivity index (χ4n) is 3.46. The van der Waals surface area contributed by atoms with E-state index in [9.17, 15) is 0 Å². The molecule has 0 atom stereocenters. The zero-order valence-corrected chi connectivity index (χ0v) is 17.7. The Hall–Kier alpha value is 2.25. The summed E-state index contributed by atoms with van der Waals surface area (Å²) in [6.45, 7) is 19.1. The van der Waals surface area contributed by atoms with Crippen LogP contribution < -0.4 is 51.4 Å². The van der Waals surface area contributed by atoms with Crippen LogP contribution in [-0.4, -0.2) is 24.4 Å². The zero-order valence-electron chi connectivity index (χ0n) is 11.6. The molecule has 0 aliphatic heterocycles. The van der Waals surface area contributed by atoms with Gasteiger partial charge in [-0.15, -0.1) is 0 Å². The number of hydrogen-bond acceptors (Lipinski definition) is 0. The average Bonchev–Trinajstić information content (AvgIpc) is 1.44. The van der Waals surface area contributed by atoms with Crippen molar-refractivity contribution in [1.29, 1.82) is 0 Å². The van der Waals surface area contributed by atoms with E-state index in [1.54, 1.807) is 0 Å². The van der Waals surface area contributed by atoms with Gasteiger partial charge in [-0.05, 0) is 0 Å². The van der Waals surface area contributed by atoms with Gasteiger partial charge in [0.25, 0.3) is 0 Å². The van der Waals surface area contributed by atoms with E-state index < -0.39 is 24.4 Å². The average molecular weight is 272 g/mol. The summed E-state index contributed by atoms with van der Waals surface area (Å²) in [5, 5.41) is 8.41. The van der Waals surface area contributed by atoms with Gasteiger partial charge in [-0.1, -0.05) is 65.4 Å². The molecule has 0 aromatic heterocycles. The van der Waals surface area contributed by atoms with Crippen molar-refractivity contribution in [3.05, 3.63) is 5.40 Å². The third-order valence-electron chi connectivity index (χ3n) is 2.45. The van der Waals surface area contributed by atoms with Crippen LogP contribution in [0, 0.1) is 0 Å². The Labute approximate surface area is 136 Å². The van der Waals surface area contributed by atoms with Crippen LogP contribution in [0.15, 0.2) is 0 Å². The molecule has 0 aliphatic rings. The molecule has 0 unspecified atom stereocenters. The first-order valence-corrected chi connectivity index (χ1v) is 15.3. The first-order chi connectivity index (χ1) is 5.37. The Kier molecular flexibility index (Phi) is 7.61. The minimum absolute atomic E-state index is 0. The predicted octanol–water partition coefficient (Wildman–Crippen LogP) is 1.37. The molecular weight excluding hydrogens is 245 g/mol. The molecule has 0 fully saturated rings. The van der Waals surface area contributed by atoms with E-state index in [-0.39, 0.29) is 51.4 Å². The van der Waals surface area contributed by atoms with Crippen molar-refractivity contribution in [2.24, 2.45) is 0 Å². The van der Waals surface area contributed by atoms with Crippen LogP contribution in [0.4, 0.5) is 0 Å². The van der Waals surface area contributed by atoms with Crippen LogP contribution in [0.1, 0.15) is 0 Å². The van der Waals surface area contributed by atoms with E-state index in [0.717, 1.165) is 4.79 Å². The normalized spacial score (nSPS) is 14.1. The molecule has 80 valence electrons. The Bertz CT molecular complexity index is 143. The summed E-state index contributed by atoms with van der Waals surface area (Å²) in [7, 11) is -3.93. The second kappa shape index (κ2) is 5.73. The van der Waals surface area contributed by atoms with E-state index in [1.165, 1.54) is 0 Å². The molecule has 0 aliphatic carbocycles. The summed E-state index contributed by atoms with van der Waals surface area (Å²) in [4.78, 5) is 0.812. The second-order valence-electron chi connectivity index (χ2n) is 6.89. The Morgan fingerprint density at radius 2 is 0.929 bits per heavy atom.